The number of hydrogen-bond donors (Lipinski definition) is 1. The van der Waals surface area contributed by atoms with E-state index in [0.29, 0.717) is 5.65 Å². The van der Waals surface area contributed by atoms with Crippen LogP contribution in [0.3, 0.4) is 0 Å². The van der Waals surface area contributed by atoms with Gasteiger partial charge in [-0.15, -0.1) is 0 Å². The van der Waals surface area contributed by atoms with E-state index in [4.69, 9.17) is 0 Å². The first kappa shape index (κ1) is 14.1. The summed E-state index contributed by atoms with van der Waals surface area (Å²) in [5.74, 6) is -0.607. The maximum Gasteiger partial charge on any atom is 0.416 e. The number of halogens is 3. The molecule has 1 N–H and O–H groups in total. The quantitative estimate of drug-likeness (QED) is 0.792. The van der Waals surface area contributed by atoms with Gasteiger partial charge in [0.2, 0.25) is 0 Å². The molecular formula is C14H9F3N4O. The van der Waals surface area contributed by atoms with Crippen LogP contribution >= 0.6 is 0 Å². The first-order valence-corrected chi connectivity index (χ1v) is 6.22. The molecule has 1 aromatic carbocycles. The van der Waals surface area contributed by atoms with Gasteiger partial charge in [-0.3, -0.25) is 4.79 Å². The topological polar surface area (TPSA) is 59.3 Å². The molecule has 8 heteroatoms. The Labute approximate surface area is 122 Å². The summed E-state index contributed by atoms with van der Waals surface area (Å²) >= 11 is 0. The molecule has 2 heterocycles. The van der Waals surface area contributed by atoms with Gasteiger partial charge in [0.15, 0.2) is 11.3 Å². The summed E-state index contributed by atoms with van der Waals surface area (Å²) in [5, 5.41) is 6.39. The number of nitrogens with one attached hydrogen (secondary N) is 1. The number of carbonyl (C=O) groups excluding carboxylic acids is 1. The fraction of sp³-hybridized carbons (Fsp3) is 0.0714. The molecule has 3 aromatic rings. The largest absolute Gasteiger partial charge is 0.416 e. The molecule has 3 rings (SSSR count). The Kier molecular flexibility index (Phi) is 3.28. The summed E-state index contributed by atoms with van der Waals surface area (Å²) in [6.45, 7) is 0. The van der Waals surface area contributed by atoms with E-state index in [2.05, 4.69) is 15.4 Å². The molecule has 0 saturated heterocycles. The smallest absolute Gasteiger partial charge is 0.321 e. The van der Waals surface area contributed by atoms with Gasteiger partial charge in [-0.05, 0) is 24.3 Å². The monoisotopic (exact) mass is 306 g/mol. The maximum atomic E-state index is 12.6. The van der Waals surface area contributed by atoms with Crippen molar-refractivity contribution in [2.24, 2.45) is 0 Å². The van der Waals surface area contributed by atoms with Crippen molar-refractivity contribution in [2.45, 2.75) is 6.18 Å². The lowest BCUT2D eigenvalue weighted by Crippen LogP contribution is -2.13. The Morgan fingerprint density at radius 2 is 2.00 bits per heavy atom. The molecule has 112 valence electrons. The van der Waals surface area contributed by atoms with Crippen LogP contribution in [0.15, 0.2) is 48.8 Å². The lowest BCUT2D eigenvalue weighted by molar-refractivity contribution is -0.137. The number of fused-ring (bicyclic) bond motifs is 1. The second-order valence-corrected chi connectivity index (χ2v) is 4.48. The van der Waals surface area contributed by atoms with E-state index in [0.717, 1.165) is 12.1 Å². The normalized spacial score (nSPS) is 11.6. The standard InChI is InChI=1S/C14H9F3N4O/c15-14(16,17)9-3-1-4-10(7-9)19-13(22)11-8-12-18-5-2-6-21(12)20-11/h1-8H,(H,19,22). The summed E-state index contributed by atoms with van der Waals surface area (Å²) in [7, 11) is 0. The lowest BCUT2D eigenvalue weighted by Gasteiger charge is -2.09. The molecule has 5 nitrogen and oxygen atoms in total. The average Bonchev–Trinajstić information content (AvgIpc) is 2.90. The van der Waals surface area contributed by atoms with Crippen LogP contribution in [0.25, 0.3) is 5.65 Å². The highest BCUT2D eigenvalue weighted by Gasteiger charge is 2.30. The van der Waals surface area contributed by atoms with Crippen LogP contribution in [0, 0.1) is 0 Å². The number of rotatable bonds is 2. The van der Waals surface area contributed by atoms with Crippen LogP contribution in [0.2, 0.25) is 0 Å². The van der Waals surface area contributed by atoms with Crippen LogP contribution in [-0.4, -0.2) is 20.5 Å². The van der Waals surface area contributed by atoms with Gasteiger partial charge in [0.1, 0.15) is 0 Å². The summed E-state index contributed by atoms with van der Waals surface area (Å²) in [5.41, 5.74) is -0.250. The summed E-state index contributed by atoms with van der Waals surface area (Å²) < 4.78 is 39.3. The number of benzene rings is 1. The molecule has 0 unspecified atom stereocenters. The van der Waals surface area contributed by atoms with Crippen LogP contribution in [0.1, 0.15) is 16.1 Å². The minimum absolute atomic E-state index is 0.0461. The first-order chi connectivity index (χ1) is 10.4. The van der Waals surface area contributed by atoms with Crippen molar-refractivity contribution >= 4 is 17.2 Å². The molecule has 0 spiro atoms. The zero-order valence-corrected chi connectivity index (χ0v) is 11.0. The van der Waals surface area contributed by atoms with Crippen LogP contribution < -0.4 is 5.32 Å². The average molecular weight is 306 g/mol. The Morgan fingerprint density at radius 3 is 2.73 bits per heavy atom. The highest BCUT2D eigenvalue weighted by molar-refractivity contribution is 6.03. The number of alkyl halides is 3. The molecule has 2 aromatic heterocycles. The summed E-state index contributed by atoms with van der Waals surface area (Å²) in [4.78, 5) is 16.1. The van der Waals surface area contributed by atoms with E-state index in [9.17, 15) is 18.0 Å². The molecule has 0 aliphatic carbocycles. The van der Waals surface area contributed by atoms with E-state index < -0.39 is 17.6 Å². The van der Waals surface area contributed by atoms with E-state index >= 15 is 0 Å². The van der Waals surface area contributed by atoms with Crippen molar-refractivity contribution in [1.82, 2.24) is 14.6 Å². The van der Waals surface area contributed by atoms with Gasteiger partial charge in [0.05, 0.1) is 5.56 Å². The fourth-order valence-corrected chi connectivity index (χ4v) is 1.91. The SMILES string of the molecule is O=C(Nc1cccc(C(F)(F)F)c1)c1cc2ncccn2n1. The molecule has 1 amide bonds. The van der Waals surface area contributed by atoms with E-state index in [1.54, 1.807) is 18.5 Å². The van der Waals surface area contributed by atoms with Crippen molar-refractivity contribution in [3.63, 3.8) is 0 Å². The van der Waals surface area contributed by atoms with E-state index in [1.165, 1.54) is 22.7 Å². The van der Waals surface area contributed by atoms with Crippen LogP contribution in [0.5, 0.6) is 0 Å². The van der Waals surface area contributed by atoms with Crippen molar-refractivity contribution in [3.8, 4) is 0 Å². The second-order valence-electron chi connectivity index (χ2n) is 4.48. The number of aromatic nitrogens is 3. The minimum Gasteiger partial charge on any atom is -0.321 e. The molecule has 0 aliphatic heterocycles. The van der Waals surface area contributed by atoms with Gasteiger partial charge in [-0.25, -0.2) is 9.50 Å². The molecule has 0 bridgehead atoms. The number of anilines is 1. The van der Waals surface area contributed by atoms with Gasteiger partial charge < -0.3 is 5.32 Å². The van der Waals surface area contributed by atoms with Crippen molar-refractivity contribution in [1.29, 1.82) is 0 Å². The second kappa shape index (κ2) is 5.14. The third-order valence-corrected chi connectivity index (χ3v) is 2.92. The minimum atomic E-state index is -4.46. The predicted octanol–water partition coefficient (Wildman–Crippen LogP) is 3.00. The highest BCUT2D eigenvalue weighted by atomic mass is 19.4. The van der Waals surface area contributed by atoms with E-state index in [1.807, 2.05) is 0 Å². The van der Waals surface area contributed by atoms with Crippen molar-refractivity contribution in [2.75, 3.05) is 5.32 Å². The molecule has 0 fully saturated rings. The molecule has 0 atom stereocenters. The van der Waals surface area contributed by atoms with Gasteiger partial charge in [-0.2, -0.15) is 18.3 Å². The number of amides is 1. The zero-order chi connectivity index (χ0) is 15.7. The lowest BCUT2D eigenvalue weighted by atomic mass is 10.2. The first-order valence-electron chi connectivity index (χ1n) is 6.22. The molecular weight excluding hydrogens is 297 g/mol. The van der Waals surface area contributed by atoms with Gasteiger partial charge in [-0.1, -0.05) is 6.07 Å². The highest BCUT2D eigenvalue weighted by Crippen LogP contribution is 2.30. The number of hydrogen-bond acceptors (Lipinski definition) is 3. The van der Waals surface area contributed by atoms with Crippen LogP contribution in [-0.2, 0) is 6.18 Å². The summed E-state index contributed by atoms with van der Waals surface area (Å²) in [6.07, 6.45) is -1.30. The number of nitrogens with zero attached hydrogens (tertiary/aromatic N) is 3. The molecule has 0 aliphatic rings. The zero-order valence-electron chi connectivity index (χ0n) is 11.0. The number of carbonyl (C=O) groups is 1. The Morgan fingerprint density at radius 1 is 1.18 bits per heavy atom. The van der Waals surface area contributed by atoms with E-state index in [-0.39, 0.29) is 11.4 Å². The Balaban J connectivity index is 1.85. The third-order valence-electron chi connectivity index (χ3n) is 2.92. The fourth-order valence-electron chi connectivity index (χ4n) is 1.91. The third kappa shape index (κ3) is 2.76. The summed E-state index contributed by atoms with van der Waals surface area (Å²) in [6, 6.07) is 7.50. The Bertz CT molecular complexity index is 808. The van der Waals surface area contributed by atoms with Gasteiger partial charge >= 0.3 is 6.18 Å². The van der Waals surface area contributed by atoms with Crippen LogP contribution in [0.4, 0.5) is 18.9 Å². The van der Waals surface area contributed by atoms with Gasteiger partial charge in [0.25, 0.3) is 5.91 Å². The van der Waals surface area contributed by atoms with Crippen molar-refractivity contribution in [3.05, 3.63) is 60.0 Å². The maximum absolute atomic E-state index is 12.6. The predicted molar refractivity (Wildman–Crippen MR) is 72.4 cm³/mol. The Hall–Kier alpha value is -2.90. The van der Waals surface area contributed by atoms with Crippen molar-refractivity contribution < 1.29 is 18.0 Å². The van der Waals surface area contributed by atoms with Gasteiger partial charge in [0, 0.05) is 24.1 Å². The molecule has 0 radical (unpaired) electrons. The molecule has 22 heavy (non-hydrogen) atoms. The molecule has 0 saturated carbocycles.